The van der Waals surface area contributed by atoms with Crippen molar-refractivity contribution in [3.8, 4) is 0 Å². The molecule has 2 aromatic heterocycles. The van der Waals surface area contributed by atoms with Crippen molar-refractivity contribution in [3.05, 3.63) is 28.5 Å². The summed E-state index contributed by atoms with van der Waals surface area (Å²) in [6, 6.07) is 1.90. The Bertz CT molecular complexity index is 495. The third kappa shape index (κ3) is 3.16. The van der Waals surface area contributed by atoms with E-state index in [9.17, 15) is 0 Å². The molecule has 0 saturated carbocycles. The standard InChI is InChI=1S/C12H17N5S/c1-8(2)12-16-10(13-3)4-11(17-12)14-5-9-6-18-7-15-9/h4,6-8H,5H2,1-3H3,(H2,13,14,16,17). The van der Waals surface area contributed by atoms with Gasteiger partial charge in [0.05, 0.1) is 17.7 Å². The van der Waals surface area contributed by atoms with E-state index in [0.29, 0.717) is 12.5 Å². The molecule has 0 aromatic carbocycles. The summed E-state index contributed by atoms with van der Waals surface area (Å²) < 4.78 is 0. The Balaban J connectivity index is 2.13. The molecule has 0 radical (unpaired) electrons. The molecule has 0 amide bonds. The lowest BCUT2D eigenvalue weighted by atomic mass is 10.2. The van der Waals surface area contributed by atoms with E-state index in [4.69, 9.17) is 0 Å². The Morgan fingerprint density at radius 2 is 2.06 bits per heavy atom. The predicted molar refractivity (Wildman–Crippen MR) is 75.1 cm³/mol. The van der Waals surface area contributed by atoms with Crippen molar-refractivity contribution in [2.75, 3.05) is 17.7 Å². The number of hydrogen-bond donors (Lipinski definition) is 2. The van der Waals surface area contributed by atoms with Gasteiger partial charge in [-0.1, -0.05) is 13.8 Å². The monoisotopic (exact) mass is 263 g/mol. The van der Waals surface area contributed by atoms with Gasteiger partial charge in [0.1, 0.15) is 17.5 Å². The summed E-state index contributed by atoms with van der Waals surface area (Å²) in [5.74, 6) is 2.79. The van der Waals surface area contributed by atoms with Gasteiger partial charge in [-0.2, -0.15) is 0 Å². The summed E-state index contributed by atoms with van der Waals surface area (Å²) in [7, 11) is 1.86. The first kappa shape index (κ1) is 12.8. The maximum atomic E-state index is 4.49. The normalized spacial score (nSPS) is 10.7. The van der Waals surface area contributed by atoms with Gasteiger partial charge < -0.3 is 10.6 Å². The summed E-state index contributed by atoms with van der Waals surface area (Å²) in [5.41, 5.74) is 2.85. The van der Waals surface area contributed by atoms with E-state index >= 15 is 0 Å². The van der Waals surface area contributed by atoms with Crippen molar-refractivity contribution in [3.63, 3.8) is 0 Å². The molecule has 0 fully saturated rings. The fourth-order valence-electron chi connectivity index (χ4n) is 1.45. The molecule has 2 rings (SSSR count). The second-order valence-electron chi connectivity index (χ2n) is 4.23. The van der Waals surface area contributed by atoms with Gasteiger partial charge in [0.15, 0.2) is 0 Å². The third-order valence-electron chi connectivity index (χ3n) is 2.45. The fourth-order valence-corrected chi connectivity index (χ4v) is 2.01. The molecule has 2 heterocycles. The Kier molecular flexibility index (Phi) is 4.09. The van der Waals surface area contributed by atoms with Crippen molar-refractivity contribution in [2.45, 2.75) is 26.3 Å². The highest BCUT2D eigenvalue weighted by molar-refractivity contribution is 7.07. The van der Waals surface area contributed by atoms with Crippen molar-refractivity contribution < 1.29 is 0 Å². The molecule has 0 aliphatic carbocycles. The summed E-state index contributed by atoms with van der Waals surface area (Å²) in [6.07, 6.45) is 0. The number of anilines is 2. The molecule has 5 nitrogen and oxygen atoms in total. The molecule has 0 unspecified atom stereocenters. The van der Waals surface area contributed by atoms with E-state index in [-0.39, 0.29) is 0 Å². The number of hydrogen-bond acceptors (Lipinski definition) is 6. The number of nitrogens with zero attached hydrogens (tertiary/aromatic N) is 3. The molecule has 18 heavy (non-hydrogen) atoms. The van der Waals surface area contributed by atoms with Crippen LogP contribution in [0.25, 0.3) is 0 Å². The summed E-state index contributed by atoms with van der Waals surface area (Å²) in [4.78, 5) is 13.1. The molecule has 0 bridgehead atoms. The Hall–Kier alpha value is -1.69. The zero-order valence-corrected chi connectivity index (χ0v) is 11.6. The molecule has 96 valence electrons. The highest BCUT2D eigenvalue weighted by atomic mass is 32.1. The summed E-state index contributed by atoms with van der Waals surface area (Å²) in [6.45, 7) is 4.85. The number of nitrogens with one attached hydrogen (secondary N) is 2. The van der Waals surface area contributed by atoms with Crippen LogP contribution in [0.15, 0.2) is 17.0 Å². The Labute approximate surface area is 111 Å². The van der Waals surface area contributed by atoms with Crippen LogP contribution in [0.2, 0.25) is 0 Å². The van der Waals surface area contributed by atoms with Crippen molar-refractivity contribution in [1.29, 1.82) is 0 Å². The van der Waals surface area contributed by atoms with Crippen molar-refractivity contribution in [2.24, 2.45) is 0 Å². The van der Waals surface area contributed by atoms with Crippen LogP contribution in [0.1, 0.15) is 31.3 Å². The average Bonchev–Trinajstić information content (AvgIpc) is 2.89. The number of aromatic nitrogens is 3. The van der Waals surface area contributed by atoms with Crippen LogP contribution in [0, 0.1) is 0 Å². The van der Waals surface area contributed by atoms with Gasteiger partial charge >= 0.3 is 0 Å². The average molecular weight is 263 g/mol. The van der Waals surface area contributed by atoms with Crippen molar-refractivity contribution >= 4 is 23.0 Å². The van der Waals surface area contributed by atoms with Crippen LogP contribution >= 0.6 is 11.3 Å². The lowest BCUT2D eigenvalue weighted by molar-refractivity contribution is 0.775. The van der Waals surface area contributed by atoms with E-state index in [1.54, 1.807) is 11.3 Å². The lowest BCUT2D eigenvalue weighted by Gasteiger charge is -2.10. The molecule has 0 atom stereocenters. The van der Waals surface area contributed by atoms with Gasteiger partial charge in [0.25, 0.3) is 0 Å². The topological polar surface area (TPSA) is 62.7 Å². The van der Waals surface area contributed by atoms with Crippen LogP contribution in [0.5, 0.6) is 0 Å². The van der Waals surface area contributed by atoms with Gasteiger partial charge in [-0.25, -0.2) is 15.0 Å². The molecule has 0 aliphatic rings. The molecule has 0 aliphatic heterocycles. The zero-order valence-electron chi connectivity index (χ0n) is 10.8. The van der Waals surface area contributed by atoms with Crippen LogP contribution in [0.4, 0.5) is 11.6 Å². The van der Waals surface area contributed by atoms with Gasteiger partial charge in [-0.05, 0) is 0 Å². The van der Waals surface area contributed by atoms with E-state index in [2.05, 4.69) is 39.4 Å². The number of thiazole rings is 1. The van der Waals surface area contributed by atoms with Crippen LogP contribution < -0.4 is 10.6 Å². The first-order chi connectivity index (χ1) is 8.69. The molecule has 2 aromatic rings. The molecular weight excluding hydrogens is 246 g/mol. The fraction of sp³-hybridized carbons (Fsp3) is 0.417. The SMILES string of the molecule is CNc1cc(NCc2cscn2)nc(C(C)C)n1. The minimum atomic E-state index is 0.304. The van der Waals surface area contributed by atoms with Gasteiger partial charge in [-0.3, -0.25) is 0 Å². The van der Waals surface area contributed by atoms with Crippen LogP contribution in [-0.4, -0.2) is 22.0 Å². The van der Waals surface area contributed by atoms with Gasteiger partial charge in [0.2, 0.25) is 0 Å². The highest BCUT2D eigenvalue weighted by Gasteiger charge is 2.07. The van der Waals surface area contributed by atoms with Crippen LogP contribution in [-0.2, 0) is 6.54 Å². The molecule has 6 heteroatoms. The maximum absolute atomic E-state index is 4.49. The largest absolute Gasteiger partial charge is 0.373 e. The molecule has 2 N–H and O–H groups in total. The minimum Gasteiger partial charge on any atom is -0.373 e. The zero-order chi connectivity index (χ0) is 13.0. The Morgan fingerprint density at radius 3 is 2.67 bits per heavy atom. The Morgan fingerprint density at radius 1 is 1.28 bits per heavy atom. The third-order valence-corrected chi connectivity index (χ3v) is 3.09. The highest BCUT2D eigenvalue weighted by Crippen LogP contribution is 2.17. The van der Waals surface area contributed by atoms with E-state index in [1.165, 1.54) is 0 Å². The summed E-state index contributed by atoms with van der Waals surface area (Å²) >= 11 is 1.59. The second kappa shape index (κ2) is 5.77. The van der Waals surface area contributed by atoms with Crippen molar-refractivity contribution in [1.82, 2.24) is 15.0 Å². The first-order valence-electron chi connectivity index (χ1n) is 5.86. The number of rotatable bonds is 5. The van der Waals surface area contributed by atoms with Crippen LogP contribution in [0.3, 0.4) is 0 Å². The molecule has 0 spiro atoms. The van der Waals surface area contributed by atoms with E-state index in [0.717, 1.165) is 23.2 Å². The maximum Gasteiger partial charge on any atom is 0.135 e. The summed E-state index contributed by atoms with van der Waals surface area (Å²) in [5, 5.41) is 8.35. The molecule has 0 saturated heterocycles. The van der Waals surface area contributed by atoms with Gasteiger partial charge in [-0.15, -0.1) is 11.3 Å². The second-order valence-corrected chi connectivity index (χ2v) is 4.95. The smallest absolute Gasteiger partial charge is 0.135 e. The lowest BCUT2D eigenvalue weighted by Crippen LogP contribution is -2.07. The minimum absolute atomic E-state index is 0.304. The molecular formula is C12H17N5S. The quantitative estimate of drug-likeness (QED) is 0.868. The van der Waals surface area contributed by atoms with E-state index < -0.39 is 0 Å². The predicted octanol–water partition coefficient (Wildman–Crippen LogP) is 2.71. The van der Waals surface area contributed by atoms with E-state index in [1.807, 2.05) is 24.0 Å². The first-order valence-corrected chi connectivity index (χ1v) is 6.81. The van der Waals surface area contributed by atoms with Gasteiger partial charge in [0, 0.05) is 24.4 Å².